The van der Waals surface area contributed by atoms with E-state index in [2.05, 4.69) is 10.6 Å². The predicted molar refractivity (Wildman–Crippen MR) is 89.8 cm³/mol. The molecule has 0 aromatic heterocycles. The fraction of sp³-hybridized carbons (Fsp3) is 0.786. The Hall–Kier alpha value is -0.890. The molecule has 1 rings (SSSR count). The molecular weight excluding hydrogens is 324 g/mol. The van der Waals surface area contributed by atoms with Crippen LogP contribution < -0.4 is 10.6 Å². The van der Waals surface area contributed by atoms with Crippen LogP contribution in [-0.4, -0.2) is 46.5 Å². The summed E-state index contributed by atoms with van der Waals surface area (Å²) in [6.07, 6.45) is 6.23. The molecule has 0 aromatic rings. The zero-order valence-corrected chi connectivity index (χ0v) is 14.4. The van der Waals surface area contributed by atoms with Crippen molar-refractivity contribution in [1.29, 1.82) is 0 Å². The summed E-state index contributed by atoms with van der Waals surface area (Å²) in [7, 11) is 2.82. The molecule has 1 aliphatic carbocycles. The van der Waals surface area contributed by atoms with Gasteiger partial charge < -0.3 is 15.7 Å². The van der Waals surface area contributed by atoms with Crippen molar-refractivity contribution < 1.29 is 19.5 Å². The van der Waals surface area contributed by atoms with Crippen LogP contribution in [0.1, 0.15) is 45.4 Å². The van der Waals surface area contributed by atoms with Crippen LogP contribution >= 0.6 is 21.6 Å². The Morgan fingerprint density at radius 2 is 1.86 bits per heavy atom. The van der Waals surface area contributed by atoms with Crippen molar-refractivity contribution in [3.63, 3.8) is 0 Å². The van der Waals surface area contributed by atoms with E-state index in [9.17, 15) is 14.4 Å². The van der Waals surface area contributed by atoms with Gasteiger partial charge in [0.05, 0.1) is 0 Å². The van der Waals surface area contributed by atoms with Gasteiger partial charge in [0.25, 0.3) is 0 Å². The van der Waals surface area contributed by atoms with Gasteiger partial charge >= 0.3 is 5.97 Å². The van der Waals surface area contributed by atoms with E-state index in [1.165, 1.54) is 47.8 Å². The number of carboxylic acids is 1. The Balaban J connectivity index is 2.09. The zero-order valence-electron chi connectivity index (χ0n) is 12.8. The molecule has 1 saturated carbocycles. The molecule has 2 amide bonds. The minimum atomic E-state index is -1.04. The molecule has 126 valence electrons. The predicted octanol–water partition coefficient (Wildman–Crippen LogP) is 1.80. The maximum atomic E-state index is 11.8. The third-order valence-electron chi connectivity index (χ3n) is 3.38. The van der Waals surface area contributed by atoms with Gasteiger partial charge in [-0.3, -0.25) is 9.59 Å². The Morgan fingerprint density at radius 1 is 1.18 bits per heavy atom. The first-order valence-electron chi connectivity index (χ1n) is 7.52. The van der Waals surface area contributed by atoms with Crippen LogP contribution in [0, 0.1) is 0 Å². The summed E-state index contributed by atoms with van der Waals surface area (Å²) in [4.78, 5) is 33.6. The van der Waals surface area contributed by atoms with Crippen LogP contribution in [0.4, 0.5) is 0 Å². The van der Waals surface area contributed by atoms with Crippen molar-refractivity contribution in [3.8, 4) is 0 Å². The number of rotatable bonds is 9. The van der Waals surface area contributed by atoms with E-state index in [0.29, 0.717) is 18.2 Å². The molecule has 0 heterocycles. The number of carboxylic acid groups (broad SMARTS) is 1. The standard InChI is InChI=1S/C14H24N2O4S2/c1-10(17)15-12(14(19)20)9-22-21-8-7-13(18)16-11-5-3-2-4-6-11/h11-12H,2-9H2,1H3,(H,15,17)(H,16,18)(H,19,20). The number of hydrogen-bond donors (Lipinski definition) is 3. The van der Waals surface area contributed by atoms with E-state index in [1.807, 2.05) is 0 Å². The highest BCUT2D eigenvalue weighted by Crippen LogP contribution is 2.23. The Labute approximate surface area is 139 Å². The van der Waals surface area contributed by atoms with Crippen LogP contribution in [0.15, 0.2) is 0 Å². The molecule has 0 radical (unpaired) electrons. The first-order chi connectivity index (χ1) is 10.5. The monoisotopic (exact) mass is 348 g/mol. The lowest BCUT2D eigenvalue weighted by atomic mass is 9.95. The lowest BCUT2D eigenvalue weighted by Gasteiger charge is -2.22. The molecule has 0 aliphatic heterocycles. The molecule has 0 bridgehead atoms. The van der Waals surface area contributed by atoms with Gasteiger partial charge in [0.1, 0.15) is 6.04 Å². The fourth-order valence-electron chi connectivity index (χ4n) is 2.28. The highest BCUT2D eigenvalue weighted by Gasteiger charge is 2.18. The quantitative estimate of drug-likeness (QED) is 0.434. The maximum absolute atomic E-state index is 11.8. The van der Waals surface area contributed by atoms with E-state index in [0.717, 1.165) is 12.8 Å². The minimum Gasteiger partial charge on any atom is -0.480 e. The lowest BCUT2D eigenvalue weighted by molar-refractivity contribution is -0.140. The summed E-state index contributed by atoms with van der Waals surface area (Å²) in [5, 5.41) is 14.4. The van der Waals surface area contributed by atoms with E-state index in [-0.39, 0.29) is 17.6 Å². The topological polar surface area (TPSA) is 95.5 Å². The van der Waals surface area contributed by atoms with Gasteiger partial charge in [-0.25, -0.2) is 4.79 Å². The molecule has 0 spiro atoms. The number of carbonyl (C=O) groups is 3. The Morgan fingerprint density at radius 3 is 2.45 bits per heavy atom. The third kappa shape index (κ3) is 8.53. The summed E-state index contributed by atoms with van der Waals surface area (Å²) >= 11 is 0. The van der Waals surface area contributed by atoms with Gasteiger partial charge in [0, 0.05) is 30.9 Å². The Kier molecular flexibility index (Phi) is 9.38. The largest absolute Gasteiger partial charge is 0.480 e. The van der Waals surface area contributed by atoms with E-state index in [1.54, 1.807) is 0 Å². The third-order valence-corrected chi connectivity index (χ3v) is 5.79. The fourth-order valence-corrected chi connectivity index (χ4v) is 4.42. The first-order valence-corrected chi connectivity index (χ1v) is 10.0. The molecule has 1 aliphatic rings. The average Bonchev–Trinajstić information content (AvgIpc) is 2.46. The van der Waals surface area contributed by atoms with E-state index in [4.69, 9.17) is 5.11 Å². The minimum absolute atomic E-state index is 0.0663. The van der Waals surface area contributed by atoms with E-state index >= 15 is 0 Å². The van der Waals surface area contributed by atoms with Crippen molar-refractivity contribution in [3.05, 3.63) is 0 Å². The molecule has 1 fully saturated rings. The molecule has 3 N–H and O–H groups in total. The van der Waals surface area contributed by atoms with Gasteiger partial charge in [-0.1, -0.05) is 40.9 Å². The number of amides is 2. The van der Waals surface area contributed by atoms with Crippen molar-refractivity contribution in [1.82, 2.24) is 10.6 Å². The summed E-state index contributed by atoms with van der Waals surface area (Å²) in [5.41, 5.74) is 0. The number of carbonyl (C=O) groups excluding carboxylic acids is 2. The SMILES string of the molecule is CC(=O)NC(CSSCCC(=O)NC1CCCCC1)C(=O)O. The highest BCUT2D eigenvalue weighted by molar-refractivity contribution is 8.76. The van der Waals surface area contributed by atoms with Crippen LogP contribution in [-0.2, 0) is 14.4 Å². The van der Waals surface area contributed by atoms with Crippen LogP contribution in [0.2, 0.25) is 0 Å². The number of aliphatic carboxylic acids is 1. The highest BCUT2D eigenvalue weighted by atomic mass is 33.1. The van der Waals surface area contributed by atoms with Gasteiger partial charge in [0.15, 0.2) is 0 Å². The number of hydrogen-bond acceptors (Lipinski definition) is 5. The van der Waals surface area contributed by atoms with Crippen molar-refractivity contribution >= 4 is 39.4 Å². The first kappa shape index (κ1) is 19.2. The summed E-state index contributed by atoms with van der Waals surface area (Å²) in [6, 6.07) is -0.555. The van der Waals surface area contributed by atoms with Crippen molar-refractivity contribution in [2.75, 3.05) is 11.5 Å². The normalized spacial score (nSPS) is 16.8. The van der Waals surface area contributed by atoms with Gasteiger partial charge in [-0.2, -0.15) is 0 Å². The Bertz CT molecular complexity index is 387. The molecule has 0 aromatic carbocycles. The van der Waals surface area contributed by atoms with Gasteiger partial charge in [-0.15, -0.1) is 0 Å². The smallest absolute Gasteiger partial charge is 0.327 e. The van der Waals surface area contributed by atoms with Gasteiger partial charge in [0.2, 0.25) is 11.8 Å². The molecule has 6 nitrogen and oxygen atoms in total. The maximum Gasteiger partial charge on any atom is 0.327 e. The van der Waals surface area contributed by atoms with Crippen LogP contribution in [0.25, 0.3) is 0 Å². The summed E-state index contributed by atoms with van der Waals surface area (Å²) < 4.78 is 0. The molecule has 1 atom stereocenters. The molecule has 1 unspecified atom stereocenters. The van der Waals surface area contributed by atoms with E-state index < -0.39 is 12.0 Å². The second-order valence-electron chi connectivity index (χ2n) is 5.35. The van der Waals surface area contributed by atoms with Crippen LogP contribution in [0.3, 0.4) is 0 Å². The van der Waals surface area contributed by atoms with Crippen molar-refractivity contribution in [2.45, 2.75) is 57.5 Å². The average molecular weight is 348 g/mol. The molecule has 8 heteroatoms. The van der Waals surface area contributed by atoms with Crippen LogP contribution in [0.5, 0.6) is 0 Å². The molecule has 0 saturated heterocycles. The number of nitrogens with one attached hydrogen (secondary N) is 2. The van der Waals surface area contributed by atoms with Crippen molar-refractivity contribution in [2.24, 2.45) is 0 Å². The second-order valence-corrected chi connectivity index (χ2v) is 7.98. The van der Waals surface area contributed by atoms with Gasteiger partial charge in [-0.05, 0) is 12.8 Å². The zero-order chi connectivity index (χ0) is 16.4. The summed E-state index contributed by atoms with van der Waals surface area (Å²) in [5.74, 6) is -0.417. The second kappa shape index (κ2) is 10.8. The lowest BCUT2D eigenvalue weighted by Crippen LogP contribution is -2.41. The summed E-state index contributed by atoms with van der Waals surface area (Å²) in [6.45, 7) is 1.29. The molecule has 22 heavy (non-hydrogen) atoms. The molecular formula is C14H24N2O4S2.